The summed E-state index contributed by atoms with van der Waals surface area (Å²) in [7, 11) is 0. The Hall–Kier alpha value is -3.77. The first-order valence-electron chi connectivity index (χ1n) is 11.4. The van der Waals surface area contributed by atoms with Crippen molar-refractivity contribution in [3.05, 3.63) is 101 Å². The molecule has 0 saturated heterocycles. The molecule has 1 N–H and O–H groups in total. The van der Waals surface area contributed by atoms with Crippen LogP contribution in [0.2, 0.25) is 0 Å². The van der Waals surface area contributed by atoms with E-state index in [0.717, 1.165) is 30.6 Å². The van der Waals surface area contributed by atoms with E-state index in [1.807, 2.05) is 48.5 Å². The van der Waals surface area contributed by atoms with Gasteiger partial charge in [0.05, 0.1) is 12.3 Å². The second kappa shape index (κ2) is 11.4. The SMILES string of the molecule is CCCCCOc1ccc(C(=O)Nc2nc(-c3ccccc3)c(C(=O)c3ccccc3)s2)cc1. The van der Waals surface area contributed by atoms with E-state index >= 15 is 0 Å². The highest BCUT2D eigenvalue weighted by Crippen LogP contribution is 2.33. The predicted molar refractivity (Wildman–Crippen MR) is 137 cm³/mol. The first-order valence-corrected chi connectivity index (χ1v) is 12.2. The fraction of sp³-hybridized carbons (Fsp3) is 0.179. The third-order valence-corrected chi connectivity index (χ3v) is 6.24. The van der Waals surface area contributed by atoms with Crippen molar-refractivity contribution < 1.29 is 14.3 Å². The minimum atomic E-state index is -0.287. The predicted octanol–water partition coefficient (Wildman–Crippen LogP) is 6.86. The van der Waals surface area contributed by atoms with Crippen molar-refractivity contribution in [1.82, 2.24) is 4.98 Å². The fourth-order valence-electron chi connectivity index (χ4n) is 3.45. The van der Waals surface area contributed by atoms with Crippen molar-refractivity contribution in [3.63, 3.8) is 0 Å². The topological polar surface area (TPSA) is 68.3 Å². The van der Waals surface area contributed by atoms with Gasteiger partial charge in [-0.2, -0.15) is 0 Å². The van der Waals surface area contributed by atoms with Crippen molar-refractivity contribution in [3.8, 4) is 17.0 Å². The van der Waals surface area contributed by atoms with Crippen molar-refractivity contribution in [2.24, 2.45) is 0 Å². The zero-order valence-corrected chi connectivity index (χ0v) is 19.8. The van der Waals surface area contributed by atoms with Crippen LogP contribution >= 0.6 is 11.3 Å². The molecule has 6 heteroatoms. The van der Waals surface area contributed by atoms with Crippen molar-refractivity contribution in [1.29, 1.82) is 0 Å². The van der Waals surface area contributed by atoms with Crippen LogP contribution < -0.4 is 10.1 Å². The number of benzene rings is 3. The number of unbranched alkanes of at least 4 members (excludes halogenated alkanes) is 2. The van der Waals surface area contributed by atoms with E-state index in [2.05, 4.69) is 17.2 Å². The zero-order valence-electron chi connectivity index (χ0n) is 19.0. The lowest BCUT2D eigenvalue weighted by Gasteiger charge is -2.07. The summed E-state index contributed by atoms with van der Waals surface area (Å²) in [6.45, 7) is 2.82. The molecule has 0 radical (unpaired) electrons. The highest BCUT2D eigenvalue weighted by Gasteiger charge is 2.22. The highest BCUT2D eigenvalue weighted by atomic mass is 32.1. The summed E-state index contributed by atoms with van der Waals surface area (Å²) in [6, 6.07) is 25.6. The number of rotatable bonds is 10. The molecule has 4 rings (SSSR count). The molecule has 0 spiro atoms. The lowest BCUT2D eigenvalue weighted by atomic mass is 10.1. The molecular weight excluding hydrogens is 444 g/mol. The Morgan fingerprint density at radius 1 is 0.853 bits per heavy atom. The molecule has 0 unspecified atom stereocenters. The molecule has 0 atom stereocenters. The Morgan fingerprint density at radius 3 is 2.21 bits per heavy atom. The van der Waals surface area contributed by atoms with Crippen LogP contribution in [0.3, 0.4) is 0 Å². The summed E-state index contributed by atoms with van der Waals surface area (Å²) in [5.74, 6) is 0.329. The molecule has 1 heterocycles. The maximum absolute atomic E-state index is 13.2. The van der Waals surface area contributed by atoms with Gasteiger partial charge >= 0.3 is 0 Å². The van der Waals surface area contributed by atoms with Gasteiger partial charge in [-0.3, -0.25) is 14.9 Å². The smallest absolute Gasteiger partial charge is 0.257 e. The van der Waals surface area contributed by atoms with Gasteiger partial charge < -0.3 is 4.74 Å². The number of anilines is 1. The van der Waals surface area contributed by atoms with Gasteiger partial charge in [0.2, 0.25) is 5.78 Å². The number of carbonyl (C=O) groups excluding carboxylic acids is 2. The molecule has 0 aliphatic carbocycles. The standard InChI is InChI=1S/C28H26N2O3S/c1-2-3-10-19-33-23-17-15-22(16-18-23)27(32)30-28-29-24(20-11-6-4-7-12-20)26(34-28)25(31)21-13-8-5-9-14-21/h4-9,11-18H,2-3,10,19H2,1H3,(H,29,30,32). The average molecular weight is 471 g/mol. The van der Waals surface area contributed by atoms with Crippen molar-refractivity contribution in [2.45, 2.75) is 26.2 Å². The summed E-state index contributed by atoms with van der Waals surface area (Å²) < 4.78 is 5.72. The van der Waals surface area contributed by atoms with E-state index in [1.54, 1.807) is 36.4 Å². The second-order valence-corrected chi connectivity index (χ2v) is 8.79. The first-order chi connectivity index (χ1) is 16.7. The van der Waals surface area contributed by atoms with Gasteiger partial charge in [0.15, 0.2) is 5.13 Å². The van der Waals surface area contributed by atoms with Crippen LogP contribution in [0.4, 0.5) is 5.13 Å². The Bertz CT molecular complexity index is 1240. The van der Waals surface area contributed by atoms with Crippen molar-refractivity contribution in [2.75, 3.05) is 11.9 Å². The van der Waals surface area contributed by atoms with Crippen LogP contribution in [-0.4, -0.2) is 23.3 Å². The molecule has 4 aromatic rings. The molecule has 0 saturated carbocycles. The molecule has 3 aromatic carbocycles. The monoisotopic (exact) mass is 470 g/mol. The quantitative estimate of drug-likeness (QED) is 0.203. The minimum absolute atomic E-state index is 0.123. The largest absolute Gasteiger partial charge is 0.494 e. The van der Waals surface area contributed by atoms with Gasteiger partial charge in [-0.1, -0.05) is 91.8 Å². The van der Waals surface area contributed by atoms with Gasteiger partial charge in [-0.05, 0) is 30.7 Å². The lowest BCUT2D eigenvalue weighted by molar-refractivity contribution is 0.102. The highest BCUT2D eigenvalue weighted by molar-refractivity contribution is 7.18. The molecule has 0 aliphatic heterocycles. The van der Waals surface area contributed by atoms with Gasteiger partial charge in [0, 0.05) is 16.7 Å². The van der Waals surface area contributed by atoms with E-state index in [9.17, 15) is 9.59 Å². The molecule has 0 fully saturated rings. The summed E-state index contributed by atoms with van der Waals surface area (Å²) in [5.41, 5.74) is 2.46. The number of hydrogen-bond donors (Lipinski definition) is 1. The second-order valence-electron chi connectivity index (χ2n) is 7.79. The minimum Gasteiger partial charge on any atom is -0.494 e. The maximum Gasteiger partial charge on any atom is 0.257 e. The zero-order chi connectivity index (χ0) is 23.8. The Kier molecular flexibility index (Phi) is 7.83. The summed E-state index contributed by atoms with van der Waals surface area (Å²) >= 11 is 1.18. The van der Waals surface area contributed by atoms with E-state index < -0.39 is 0 Å². The van der Waals surface area contributed by atoms with Crippen LogP contribution in [0.5, 0.6) is 5.75 Å². The summed E-state index contributed by atoms with van der Waals surface area (Å²) in [4.78, 5) is 31.2. The number of hydrogen-bond acceptors (Lipinski definition) is 5. The van der Waals surface area contributed by atoms with Crippen LogP contribution in [0, 0.1) is 0 Å². The van der Waals surface area contributed by atoms with Crippen molar-refractivity contribution >= 4 is 28.2 Å². The lowest BCUT2D eigenvalue weighted by Crippen LogP contribution is -2.11. The Morgan fingerprint density at radius 2 is 1.53 bits per heavy atom. The number of amides is 1. The Labute approximate surface area is 203 Å². The van der Waals surface area contributed by atoms with E-state index in [-0.39, 0.29) is 11.7 Å². The third kappa shape index (κ3) is 5.77. The van der Waals surface area contributed by atoms with Gasteiger partial charge in [-0.25, -0.2) is 4.98 Å². The number of ether oxygens (including phenoxy) is 1. The molecule has 1 aromatic heterocycles. The summed E-state index contributed by atoms with van der Waals surface area (Å²) in [6.07, 6.45) is 3.29. The van der Waals surface area contributed by atoms with E-state index in [1.165, 1.54) is 11.3 Å². The Balaban J connectivity index is 1.53. The van der Waals surface area contributed by atoms with Crippen LogP contribution in [0.1, 0.15) is 51.8 Å². The maximum atomic E-state index is 13.2. The normalized spacial score (nSPS) is 10.6. The number of nitrogens with zero attached hydrogens (tertiary/aromatic N) is 1. The first kappa shape index (κ1) is 23.4. The molecule has 34 heavy (non-hydrogen) atoms. The van der Waals surface area contributed by atoms with Gasteiger partial charge in [0.25, 0.3) is 5.91 Å². The van der Waals surface area contributed by atoms with Crippen LogP contribution in [0.25, 0.3) is 11.3 Å². The average Bonchev–Trinajstić information content (AvgIpc) is 3.31. The van der Waals surface area contributed by atoms with Gasteiger partial charge in [0.1, 0.15) is 10.6 Å². The number of aromatic nitrogens is 1. The molecule has 1 amide bonds. The van der Waals surface area contributed by atoms with Crippen LogP contribution in [0.15, 0.2) is 84.9 Å². The number of thiazole rings is 1. The number of carbonyl (C=O) groups is 2. The molecule has 172 valence electrons. The van der Waals surface area contributed by atoms with Crippen LogP contribution in [-0.2, 0) is 0 Å². The summed E-state index contributed by atoms with van der Waals surface area (Å²) in [5, 5.41) is 3.23. The molecule has 0 bridgehead atoms. The fourth-order valence-corrected chi connectivity index (χ4v) is 4.40. The van der Waals surface area contributed by atoms with Gasteiger partial charge in [-0.15, -0.1) is 0 Å². The molecule has 0 aliphatic rings. The molecular formula is C28H26N2O3S. The number of ketones is 1. The van der Waals surface area contributed by atoms with E-state index in [4.69, 9.17) is 4.74 Å². The molecule has 5 nitrogen and oxygen atoms in total. The number of nitrogens with one attached hydrogen (secondary N) is 1. The third-order valence-electron chi connectivity index (χ3n) is 5.27. The van der Waals surface area contributed by atoms with E-state index in [0.29, 0.717) is 33.4 Å².